The Morgan fingerprint density at radius 1 is 1.59 bits per heavy atom. The number of methoxy groups -OCH3 is 1. The second-order valence-electron chi connectivity index (χ2n) is 3.70. The van der Waals surface area contributed by atoms with Crippen molar-refractivity contribution in [1.82, 2.24) is 5.32 Å². The predicted octanol–water partition coefficient (Wildman–Crippen LogP) is 2.20. The number of amides is 1. The summed E-state index contributed by atoms with van der Waals surface area (Å²) in [7, 11) is 1.58. The summed E-state index contributed by atoms with van der Waals surface area (Å²) in [6, 6.07) is 4.28. The minimum Gasteiger partial charge on any atom is -0.507 e. The molecule has 0 radical (unpaired) electrons. The van der Waals surface area contributed by atoms with E-state index in [1.54, 1.807) is 7.11 Å². The van der Waals surface area contributed by atoms with Gasteiger partial charge in [-0.2, -0.15) is 0 Å². The molecule has 0 saturated carbocycles. The molecule has 1 aromatic carbocycles. The molecule has 4 nitrogen and oxygen atoms in total. The van der Waals surface area contributed by atoms with E-state index in [1.807, 2.05) is 6.92 Å². The van der Waals surface area contributed by atoms with Gasteiger partial charge in [0.1, 0.15) is 5.75 Å². The molecule has 0 aromatic heterocycles. The van der Waals surface area contributed by atoms with Crippen LogP contribution in [0, 0.1) is 0 Å². The Morgan fingerprint density at radius 2 is 2.29 bits per heavy atom. The van der Waals surface area contributed by atoms with E-state index in [2.05, 4.69) is 5.32 Å². The Labute approximate surface area is 106 Å². The van der Waals surface area contributed by atoms with Crippen molar-refractivity contribution in [3.8, 4) is 5.75 Å². The summed E-state index contributed by atoms with van der Waals surface area (Å²) in [5.74, 6) is -0.437. The van der Waals surface area contributed by atoms with Gasteiger partial charge in [-0.1, -0.05) is 18.5 Å². The molecule has 1 atom stereocenters. The van der Waals surface area contributed by atoms with Crippen LogP contribution in [0.15, 0.2) is 18.2 Å². The van der Waals surface area contributed by atoms with Gasteiger partial charge >= 0.3 is 0 Å². The number of rotatable bonds is 5. The minimum absolute atomic E-state index is 0.0779. The average molecular weight is 258 g/mol. The fraction of sp³-hybridized carbons (Fsp3) is 0.417. The van der Waals surface area contributed by atoms with E-state index in [4.69, 9.17) is 16.3 Å². The molecule has 0 aliphatic carbocycles. The van der Waals surface area contributed by atoms with Crippen LogP contribution in [0.25, 0.3) is 0 Å². The highest BCUT2D eigenvalue weighted by Crippen LogP contribution is 2.21. The van der Waals surface area contributed by atoms with E-state index in [1.165, 1.54) is 18.2 Å². The lowest BCUT2D eigenvalue weighted by molar-refractivity contribution is 0.0892. The number of carbonyl (C=O) groups is 1. The van der Waals surface area contributed by atoms with Gasteiger partial charge in [0.05, 0.1) is 18.2 Å². The molecule has 1 rings (SSSR count). The maximum absolute atomic E-state index is 11.9. The van der Waals surface area contributed by atoms with Crippen LogP contribution in [0.5, 0.6) is 5.75 Å². The van der Waals surface area contributed by atoms with Crippen LogP contribution < -0.4 is 5.32 Å². The average Bonchev–Trinajstić information content (AvgIpc) is 2.31. The summed E-state index contributed by atoms with van der Waals surface area (Å²) in [4.78, 5) is 11.9. The molecule has 2 N–H and O–H groups in total. The van der Waals surface area contributed by atoms with E-state index < -0.39 is 0 Å². The third-order valence-electron chi connectivity index (χ3n) is 2.40. The monoisotopic (exact) mass is 257 g/mol. The van der Waals surface area contributed by atoms with E-state index in [9.17, 15) is 9.90 Å². The molecule has 94 valence electrons. The minimum atomic E-state index is -0.353. The largest absolute Gasteiger partial charge is 0.507 e. The summed E-state index contributed by atoms with van der Waals surface area (Å²) in [6.45, 7) is 2.38. The van der Waals surface area contributed by atoms with Gasteiger partial charge in [0.15, 0.2) is 0 Å². The first kappa shape index (κ1) is 13.8. The van der Waals surface area contributed by atoms with Gasteiger partial charge < -0.3 is 15.2 Å². The number of hydrogen-bond acceptors (Lipinski definition) is 3. The van der Waals surface area contributed by atoms with Gasteiger partial charge in [-0.15, -0.1) is 0 Å². The number of aromatic hydroxyl groups is 1. The number of carbonyl (C=O) groups excluding carboxylic acids is 1. The van der Waals surface area contributed by atoms with Crippen LogP contribution in [-0.2, 0) is 4.74 Å². The lowest BCUT2D eigenvalue weighted by Gasteiger charge is -2.16. The van der Waals surface area contributed by atoms with Crippen LogP contribution in [0.4, 0.5) is 0 Å². The third kappa shape index (κ3) is 3.91. The van der Waals surface area contributed by atoms with Crippen LogP contribution in [0.1, 0.15) is 23.7 Å². The van der Waals surface area contributed by atoms with Crippen molar-refractivity contribution in [1.29, 1.82) is 0 Å². The quantitative estimate of drug-likeness (QED) is 0.850. The third-order valence-corrected chi connectivity index (χ3v) is 2.63. The summed E-state index contributed by atoms with van der Waals surface area (Å²) in [5, 5.41) is 12.7. The van der Waals surface area contributed by atoms with E-state index >= 15 is 0 Å². The predicted molar refractivity (Wildman–Crippen MR) is 66.5 cm³/mol. The van der Waals surface area contributed by atoms with Crippen molar-refractivity contribution in [2.75, 3.05) is 13.7 Å². The van der Waals surface area contributed by atoms with Gasteiger partial charge in [-0.05, 0) is 24.6 Å². The van der Waals surface area contributed by atoms with Crippen LogP contribution in [0.2, 0.25) is 5.02 Å². The molecule has 5 heteroatoms. The van der Waals surface area contributed by atoms with Crippen LogP contribution >= 0.6 is 11.6 Å². The van der Waals surface area contributed by atoms with E-state index in [-0.39, 0.29) is 23.3 Å². The standard InChI is InChI=1S/C12H16ClNO3/c1-3-9(7-17-2)14-12(16)10-6-8(13)4-5-11(10)15/h4-6,9,15H,3,7H2,1-2H3,(H,14,16). The molecule has 0 saturated heterocycles. The number of phenolic OH excluding ortho intramolecular Hbond substituents is 1. The summed E-state index contributed by atoms with van der Waals surface area (Å²) >= 11 is 5.78. The van der Waals surface area contributed by atoms with Gasteiger partial charge in [0, 0.05) is 12.1 Å². The molecular formula is C12H16ClNO3. The Bertz CT molecular complexity index is 395. The zero-order valence-corrected chi connectivity index (χ0v) is 10.6. The lowest BCUT2D eigenvalue weighted by atomic mass is 10.1. The first-order valence-corrected chi connectivity index (χ1v) is 5.74. The topological polar surface area (TPSA) is 58.6 Å². The molecule has 17 heavy (non-hydrogen) atoms. The number of benzene rings is 1. The van der Waals surface area contributed by atoms with Crippen molar-refractivity contribution in [3.05, 3.63) is 28.8 Å². The zero-order chi connectivity index (χ0) is 12.8. The van der Waals surface area contributed by atoms with Gasteiger partial charge in [-0.3, -0.25) is 4.79 Å². The smallest absolute Gasteiger partial charge is 0.255 e. The lowest BCUT2D eigenvalue weighted by Crippen LogP contribution is -2.37. The molecule has 0 spiro atoms. The highest BCUT2D eigenvalue weighted by molar-refractivity contribution is 6.31. The first-order chi connectivity index (χ1) is 8.08. The van der Waals surface area contributed by atoms with Crippen LogP contribution in [-0.4, -0.2) is 30.8 Å². The molecule has 1 amide bonds. The molecular weight excluding hydrogens is 242 g/mol. The second kappa shape index (κ2) is 6.47. The number of halogens is 1. The van der Waals surface area contributed by atoms with Crippen molar-refractivity contribution < 1.29 is 14.6 Å². The van der Waals surface area contributed by atoms with Crippen molar-refractivity contribution in [2.24, 2.45) is 0 Å². The summed E-state index contributed by atoms with van der Waals surface area (Å²) in [5.41, 5.74) is 0.173. The Morgan fingerprint density at radius 3 is 2.88 bits per heavy atom. The van der Waals surface area contributed by atoms with E-state index in [0.29, 0.717) is 11.6 Å². The molecule has 1 unspecified atom stereocenters. The number of phenols is 1. The van der Waals surface area contributed by atoms with Gasteiger partial charge in [0.25, 0.3) is 5.91 Å². The zero-order valence-electron chi connectivity index (χ0n) is 9.87. The fourth-order valence-electron chi connectivity index (χ4n) is 1.42. The summed E-state index contributed by atoms with van der Waals surface area (Å²) in [6.07, 6.45) is 0.751. The molecule has 0 bridgehead atoms. The highest BCUT2D eigenvalue weighted by atomic mass is 35.5. The highest BCUT2D eigenvalue weighted by Gasteiger charge is 2.15. The normalized spacial score (nSPS) is 12.2. The first-order valence-electron chi connectivity index (χ1n) is 5.36. The fourth-order valence-corrected chi connectivity index (χ4v) is 1.59. The maximum Gasteiger partial charge on any atom is 0.255 e. The van der Waals surface area contributed by atoms with Gasteiger partial charge in [-0.25, -0.2) is 0 Å². The molecule has 0 heterocycles. The van der Waals surface area contributed by atoms with Crippen molar-refractivity contribution in [3.63, 3.8) is 0 Å². The second-order valence-corrected chi connectivity index (χ2v) is 4.13. The number of hydrogen-bond donors (Lipinski definition) is 2. The Kier molecular flexibility index (Phi) is 5.25. The van der Waals surface area contributed by atoms with E-state index in [0.717, 1.165) is 6.42 Å². The van der Waals surface area contributed by atoms with Crippen molar-refractivity contribution in [2.45, 2.75) is 19.4 Å². The SMILES string of the molecule is CCC(COC)NC(=O)c1cc(Cl)ccc1O. The van der Waals surface area contributed by atoms with Crippen molar-refractivity contribution >= 4 is 17.5 Å². The molecule has 1 aromatic rings. The molecule has 0 aliphatic heterocycles. The van der Waals surface area contributed by atoms with Crippen LogP contribution in [0.3, 0.4) is 0 Å². The summed E-state index contributed by atoms with van der Waals surface area (Å²) < 4.78 is 4.98. The number of ether oxygens (including phenoxy) is 1. The molecule has 0 aliphatic rings. The Balaban J connectivity index is 2.78. The Hall–Kier alpha value is -1.26. The molecule has 0 fully saturated rings. The van der Waals surface area contributed by atoms with Gasteiger partial charge in [0.2, 0.25) is 0 Å². The number of nitrogens with one attached hydrogen (secondary N) is 1. The maximum atomic E-state index is 11.9.